The van der Waals surface area contributed by atoms with Gasteiger partial charge in [-0.05, 0) is 94.5 Å². The average Bonchev–Trinajstić information content (AvgIpc) is 3.22. The van der Waals surface area contributed by atoms with Gasteiger partial charge in [-0.2, -0.15) is 0 Å². The Kier molecular flexibility index (Phi) is 4.09. The molecule has 2 aliphatic heterocycles. The molecule has 4 heteroatoms. The molecule has 6 fully saturated rings. The van der Waals surface area contributed by atoms with Crippen LogP contribution in [-0.2, 0) is 4.79 Å². The van der Waals surface area contributed by atoms with E-state index in [4.69, 9.17) is 0 Å². The van der Waals surface area contributed by atoms with Crippen LogP contribution in [0, 0.1) is 23.7 Å². The summed E-state index contributed by atoms with van der Waals surface area (Å²) >= 11 is 0. The van der Waals surface area contributed by atoms with E-state index in [1.165, 1.54) is 51.4 Å². The highest BCUT2D eigenvalue weighted by Gasteiger charge is 2.49. The van der Waals surface area contributed by atoms with E-state index in [1.54, 1.807) is 0 Å². The first kappa shape index (κ1) is 15.6. The van der Waals surface area contributed by atoms with Gasteiger partial charge in [-0.25, -0.2) is 0 Å². The normalized spacial score (nSPS) is 47.4. The van der Waals surface area contributed by atoms with Crippen molar-refractivity contribution >= 4 is 5.91 Å². The number of carbonyl (C=O) groups is 1. The number of rotatable bonds is 4. The molecule has 2 atom stereocenters. The topological polar surface area (TPSA) is 44.4 Å². The van der Waals surface area contributed by atoms with E-state index in [1.807, 2.05) is 0 Å². The molecule has 4 saturated carbocycles. The highest BCUT2D eigenvalue weighted by atomic mass is 16.2. The maximum Gasteiger partial charge on any atom is 0.237 e. The van der Waals surface area contributed by atoms with Crippen LogP contribution in [0.25, 0.3) is 0 Å². The first-order chi connectivity index (χ1) is 11.8. The fraction of sp³-hybridized carbons (Fsp3) is 0.950. The maximum atomic E-state index is 13.0. The van der Waals surface area contributed by atoms with Gasteiger partial charge in [0.25, 0.3) is 0 Å². The molecule has 6 rings (SSSR count). The fourth-order valence-electron chi connectivity index (χ4n) is 6.96. The summed E-state index contributed by atoms with van der Waals surface area (Å²) in [5, 5.41) is 7.15. The van der Waals surface area contributed by atoms with Crippen LogP contribution in [0.4, 0.5) is 0 Å². The van der Waals surface area contributed by atoms with Crippen molar-refractivity contribution in [1.29, 1.82) is 0 Å². The Hall–Kier alpha value is -0.610. The van der Waals surface area contributed by atoms with E-state index < -0.39 is 0 Å². The molecule has 1 amide bonds. The van der Waals surface area contributed by atoms with Gasteiger partial charge >= 0.3 is 0 Å². The van der Waals surface area contributed by atoms with Crippen LogP contribution in [0.5, 0.6) is 0 Å². The number of nitrogens with one attached hydrogen (secondary N) is 2. The zero-order chi connectivity index (χ0) is 16.1. The minimum atomic E-state index is 0.143. The number of carbonyl (C=O) groups excluding carboxylic acids is 1. The van der Waals surface area contributed by atoms with E-state index >= 15 is 0 Å². The second-order valence-electron chi connectivity index (χ2n) is 9.41. The predicted octanol–water partition coefficient (Wildman–Crippen LogP) is 2.14. The second kappa shape index (κ2) is 6.28. The summed E-state index contributed by atoms with van der Waals surface area (Å²) in [6.45, 7) is 3.33. The molecule has 134 valence electrons. The average molecular weight is 332 g/mol. The molecule has 6 aliphatic rings. The van der Waals surface area contributed by atoms with Crippen LogP contribution in [0.3, 0.4) is 0 Å². The van der Waals surface area contributed by atoms with Crippen molar-refractivity contribution in [2.75, 3.05) is 19.6 Å². The van der Waals surface area contributed by atoms with Crippen molar-refractivity contribution < 1.29 is 4.79 Å². The highest BCUT2D eigenvalue weighted by molar-refractivity contribution is 5.82. The molecule has 0 spiro atoms. The van der Waals surface area contributed by atoms with Crippen LogP contribution in [0.1, 0.15) is 57.8 Å². The van der Waals surface area contributed by atoms with E-state index in [9.17, 15) is 4.79 Å². The van der Waals surface area contributed by atoms with Crippen LogP contribution < -0.4 is 10.6 Å². The van der Waals surface area contributed by atoms with Crippen molar-refractivity contribution in [1.82, 2.24) is 15.5 Å². The highest BCUT2D eigenvalue weighted by Crippen LogP contribution is 2.53. The Labute approximate surface area is 146 Å². The molecule has 4 nitrogen and oxygen atoms in total. The van der Waals surface area contributed by atoms with Crippen LogP contribution in [0.2, 0.25) is 0 Å². The lowest BCUT2D eigenvalue weighted by Crippen LogP contribution is -2.58. The number of nitrogens with zero attached hydrogens (tertiary/aromatic N) is 1. The third kappa shape index (κ3) is 2.80. The largest absolute Gasteiger partial charge is 0.351 e. The van der Waals surface area contributed by atoms with Crippen LogP contribution in [-0.4, -0.2) is 48.6 Å². The van der Waals surface area contributed by atoms with Gasteiger partial charge in [0.1, 0.15) is 0 Å². The Morgan fingerprint density at radius 3 is 2.42 bits per heavy atom. The predicted molar refractivity (Wildman–Crippen MR) is 94.6 cm³/mol. The van der Waals surface area contributed by atoms with Crippen molar-refractivity contribution in [3.05, 3.63) is 0 Å². The number of hydrogen-bond donors (Lipinski definition) is 2. The second-order valence-corrected chi connectivity index (χ2v) is 9.41. The van der Waals surface area contributed by atoms with E-state index in [2.05, 4.69) is 15.5 Å². The van der Waals surface area contributed by atoms with Gasteiger partial charge in [0.05, 0.1) is 6.04 Å². The van der Waals surface area contributed by atoms with Gasteiger partial charge in [0.15, 0.2) is 0 Å². The van der Waals surface area contributed by atoms with Crippen LogP contribution in [0.15, 0.2) is 0 Å². The minimum absolute atomic E-state index is 0.143. The minimum Gasteiger partial charge on any atom is -0.351 e. The Balaban J connectivity index is 1.21. The molecule has 2 N–H and O–H groups in total. The van der Waals surface area contributed by atoms with Gasteiger partial charge in [-0.3, -0.25) is 9.69 Å². The summed E-state index contributed by atoms with van der Waals surface area (Å²) in [4.78, 5) is 15.5. The molecule has 2 heterocycles. The monoisotopic (exact) mass is 331 g/mol. The number of amides is 1. The Bertz CT molecular complexity index is 459. The zero-order valence-electron chi connectivity index (χ0n) is 14.9. The van der Waals surface area contributed by atoms with Crippen molar-refractivity contribution in [3.63, 3.8) is 0 Å². The maximum absolute atomic E-state index is 13.0. The molecule has 0 aromatic heterocycles. The number of likely N-dealkylation sites (tertiary alicyclic amines) is 1. The quantitative estimate of drug-likeness (QED) is 0.830. The first-order valence-electron chi connectivity index (χ1n) is 10.5. The molecular weight excluding hydrogens is 298 g/mol. The third-order valence-corrected chi connectivity index (χ3v) is 7.82. The van der Waals surface area contributed by atoms with Crippen molar-refractivity contribution in [3.8, 4) is 0 Å². The van der Waals surface area contributed by atoms with Crippen molar-refractivity contribution in [2.45, 2.75) is 75.9 Å². The molecule has 24 heavy (non-hydrogen) atoms. The Morgan fingerprint density at radius 2 is 1.75 bits per heavy atom. The molecule has 0 radical (unpaired) electrons. The summed E-state index contributed by atoms with van der Waals surface area (Å²) in [7, 11) is 0. The lowest BCUT2D eigenvalue weighted by molar-refractivity contribution is -0.129. The summed E-state index contributed by atoms with van der Waals surface area (Å²) in [6, 6.07) is 1.25. The van der Waals surface area contributed by atoms with Crippen LogP contribution >= 0.6 is 0 Å². The zero-order valence-corrected chi connectivity index (χ0v) is 14.9. The molecule has 0 unspecified atom stereocenters. The molecule has 2 saturated heterocycles. The summed E-state index contributed by atoms with van der Waals surface area (Å²) in [5.41, 5.74) is 0. The Morgan fingerprint density at radius 1 is 1.00 bits per heavy atom. The molecular formula is C20H33N3O. The smallest absolute Gasteiger partial charge is 0.237 e. The van der Waals surface area contributed by atoms with Gasteiger partial charge in [0.2, 0.25) is 5.91 Å². The summed E-state index contributed by atoms with van der Waals surface area (Å²) < 4.78 is 0. The van der Waals surface area contributed by atoms with Crippen molar-refractivity contribution in [2.24, 2.45) is 23.7 Å². The summed E-state index contributed by atoms with van der Waals surface area (Å²) in [6.07, 6.45) is 11.9. The van der Waals surface area contributed by atoms with Gasteiger partial charge in [-0.1, -0.05) is 0 Å². The lowest BCUT2D eigenvalue weighted by Gasteiger charge is -2.54. The molecule has 0 aromatic carbocycles. The first-order valence-corrected chi connectivity index (χ1v) is 10.5. The van der Waals surface area contributed by atoms with Gasteiger partial charge in [0, 0.05) is 18.6 Å². The third-order valence-electron chi connectivity index (χ3n) is 7.82. The van der Waals surface area contributed by atoms with E-state index in [0.29, 0.717) is 18.0 Å². The standard InChI is InChI=1S/C20H33N3O/c24-20(18-4-2-6-23(18)12-17-3-1-5-21-17)22-19-15-8-13-7-14(10-15)11-16(19)9-13/h13-19,21H,1-12H2,(H,22,24)/t13?,14?,15?,16?,17-,18-,19?/m1/s1. The molecule has 0 aromatic rings. The SMILES string of the molecule is O=C(NC1C2CC3CC(C2)CC1C3)[C@H]1CCCN1C[C@H]1CCCN1. The molecule has 4 aliphatic carbocycles. The fourth-order valence-corrected chi connectivity index (χ4v) is 6.96. The number of hydrogen-bond acceptors (Lipinski definition) is 3. The van der Waals surface area contributed by atoms with Gasteiger partial charge in [-0.15, -0.1) is 0 Å². The van der Waals surface area contributed by atoms with Gasteiger partial charge < -0.3 is 10.6 Å². The lowest BCUT2D eigenvalue weighted by atomic mass is 9.54. The summed E-state index contributed by atoms with van der Waals surface area (Å²) in [5.74, 6) is 3.89. The van der Waals surface area contributed by atoms with E-state index in [0.717, 1.165) is 49.7 Å². The molecule has 4 bridgehead atoms. The van der Waals surface area contributed by atoms with E-state index in [-0.39, 0.29) is 6.04 Å².